The van der Waals surface area contributed by atoms with Crippen molar-refractivity contribution in [3.8, 4) is 0 Å². The number of rotatable bonds is 5. The number of nitrogens with zero attached hydrogens (tertiary/aromatic N) is 2. The minimum Gasteiger partial charge on any atom is -0.480 e. The number of likely N-dealkylation sites (tertiary alicyclic amines) is 1. The third-order valence-corrected chi connectivity index (χ3v) is 3.87. The summed E-state index contributed by atoms with van der Waals surface area (Å²) in [5, 5.41) is 19.9. The Morgan fingerprint density at radius 3 is 2.90 bits per heavy atom. The Morgan fingerprint density at radius 2 is 2.35 bits per heavy atom. The topological polar surface area (TPSA) is 96.8 Å². The molecule has 0 aromatic carbocycles. The van der Waals surface area contributed by atoms with Crippen LogP contribution >= 0.6 is 0 Å². The monoisotopic (exact) mass is 282 g/mol. The largest absolute Gasteiger partial charge is 0.480 e. The summed E-state index contributed by atoms with van der Waals surface area (Å²) in [6.07, 6.45) is 2.54. The normalized spacial score (nSPS) is 23.6. The molecule has 0 saturated carbocycles. The summed E-state index contributed by atoms with van der Waals surface area (Å²) >= 11 is 0. The molecular formula is C13H18N2O5. The number of carbonyl (C=O) groups is 1. The number of carboxylic acids is 1. The lowest BCUT2D eigenvalue weighted by Crippen LogP contribution is -2.46. The second kappa shape index (κ2) is 6.04. The van der Waals surface area contributed by atoms with Crippen LogP contribution in [0, 0.1) is 16.0 Å². The van der Waals surface area contributed by atoms with Crippen LogP contribution in [0.1, 0.15) is 31.9 Å². The number of aliphatic carboxylic acids is 1. The first-order chi connectivity index (χ1) is 9.51. The van der Waals surface area contributed by atoms with E-state index < -0.39 is 16.9 Å². The summed E-state index contributed by atoms with van der Waals surface area (Å²) in [6, 6.07) is 2.28. The van der Waals surface area contributed by atoms with Gasteiger partial charge in [0.15, 0.2) is 0 Å². The molecule has 1 aromatic rings. The Morgan fingerprint density at radius 1 is 1.60 bits per heavy atom. The summed E-state index contributed by atoms with van der Waals surface area (Å²) in [4.78, 5) is 23.1. The number of furan rings is 1. The SMILES string of the molecule is CCC1CCN(Cc2ccc([N+](=O)[O-])o2)C(C(=O)O)C1. The highest BCUT2D eigenvalue weighted by molar-refractivity contribution is 5.73. The first kappa shape index (κ1) is 14.5. The first-order valence-electron chi connectivity index (χ1n) is 6.71. The highest BCUT2D eigenvalue weighted by Gasteiger charge is 2.33. The minimum atomic E-state index is -0.843. The zero-order valence-corrected chi connectivity index (χ0v) is 11.3. The molecule has 2 heterocycles. The highest BCUT2D eigenvalue weighted by atomic mass is 16.6. The molecule has 1 aliphatic rings. The zero-order chi connectivity index (χ0) is 14.7. The van der Waals surface area contributed by atoms with Gasteiger partial charge in [-0.25, -0.2) is 0 Å². The molecule has 0 amide bonds. The van der Waals surface area contributed by atoms with Gasteiger partial charge in [0.1, 0.15) is 16.7 Å². The fraction of sp³-hybridized carbons (Fsp3) is 0.615. The van der Waals surface area contributed by atoms with Crippen LogP contribution in [0.5, 0.6) is 0 Å². The molecule has 1 aromatic heterocycles. The van der Waals surface area contributed by atoms with E-state index >= 15 is 0 Å². The van der Waals surface area contributed by atoms with Gasteiger partial charge in [-0.05, 0) is 31.4 Å². The lowest BCUT2D eigenvalue weighted by Gasteiger charge is -2.36. The molecule has 1 aliphatic heterocycles. The van der Waals surface area contributed by atoms with E-state index in [9.17, 15) is 20.0 Å². The second-order valence-electron chi connectivity index (χ2n) is 5.12. The van der Waals surface area contributed by atoms with E-state index in [1.165, 1.54) is 12.1 Å². The smallest absolute Gasteiger partial charge is 0.433 e. The Balaban J connectivity index is 2.06. The van der Waals surface area contributed by atoms with E-state index in [1.54, 1.807) is 0 Å². The molecule has 110 valence electrons. The molecule has 0 aliphatic carbocycles. The standard InChI is InChI=1S/C13H18N2O5/c1-2-9-5-6-14(11(7-9)13(16)17)8-10-3-4-12(20-10)15(18)19/h3-4,9,11H,2,5-8H2,1H3,(H,16,17). The van der Waals surface area contributed by atoms with Gasteiger partial charge in [-0.1, -0.05) is 13.3 Å². The highest BCUT2D eigenvalue weighted by Crippen LogP contribution is 2.27. The van der Waals surface area contributed by atoms with Crippen LogP contribution in [0.3, 0.4) is 0 Å². The van der Waals surface area contributed by atoms with Gasteiger partial charge in [0, 0.05) is 0 Å². The molecule has 0 spiro atoms. The van der Waals surface area contributed by atoms with Gasteiger partial charge in [-0.3, -0.25) is 19.8 Å². The summed E-state index contributed by atoms with van der Waals surface area (Å²) in [7, 11) is 0. The molecule has 2 unspecified atom stereocenters. The summed E-state index contributed by atoms with van der Waals surface area (Å²) < 4.78 is 5.10. The van der Waals surface area contributed by atoms with Crippen molar-refractivity contribution in [2.75, 3.05) is 6.54 Å². The van der Waals surface area contributed by atoms with Gasteiger partial charge < -0.3 is 9.52 Å². The molecule has 20 heavy (non-hydrogen) atoms. The predicted molar refractivity (Wildman–Crippen MR) is 70.2 cm³/mol. The Kier molecular flexibility index (Phi) is 4.39. The van der Waals surface area contributed by atoms with Crippen LogP contribution in [-0.2, 0) is 11.3 Å². The second-order valence-corrected chi connectivity index (χ2v) is 5.12. The molecule has 0 radical (unpaired) electrons. The number of carboxylic acid groups (broad SMARTS) is 1. The van der Waals surface area contributed by atoms with Gasteiger partial charge in [0.2, 0.25) is 0 Å². The lowest BCUT2D eigenvalue weighted by molar-refractivity contribution is -0.402. The van der Waals surface area contributed by atoms with Gasteiger partial charge in [0.05, 0.1) is 12.6 Å². The van der Waals surface area contributed by atoms with E-state index in [2.05, 4.69) is 6.92 Å². The van der Waals surface area contributed by atoms with Crippen molar-refractivity contribution < 1.29 is 19.2 Å². The van der Waals surface area contributed by atoms with Gasteiger partial charge in [-0.15, -0.1) is 0 Å². The van der Waals surface area contributed by atoms with E-state index in [-0.39, 0.29) is 5.88 Å². The van der Waals surface area contributed by atoms with E-state index in [0.29, 0.717) is 31.2 Å². The summed E-state index contributed by atoms with van der Waals surface area (Å²) in [5.41, 5.74) is 0. The predicted octanol–water partition coefficient (Wildman–Crippen LogP) is 2.26. The summed E-state index contributed by atoms with van der Waals surface area (Å²) in [5.74, 6) is -0.296. The number of nitro groups is 1. The molecule has 7 heteroatoms. The Labute approximate surface area is 116 Å². The van der Waals surface area contributed by atoms with Crippen LogP contribution in [-0.4, -0.2) is 33.5 Å². The molecule has 1 N–H and O–H groups in total. The van der Waals surface area contributed by atoms with Crippen molar-refractivity contribution >= 4 is 11.9 Å². The average Bonchev–Trinajstić information content (AvgIpc) is 2.87. The molecule has 7 nitrogen and oxygen atoms in total. The maximum Gasteiger partial charge on any atom is 0.433 e. The molecular weight excluding hydrogens is 264 g/mol. The quantitative estimate of drug-likeness (QED) is 0.657. The number of hydrogen-bond acceptors (Lipinski definition) is 5. The van der Waals surface area contributed by atoms with E-state index in [0.717, 1.165) is 12.8 Å². The third-order valence-electron chi connectivity index (χ3n) is 3.87. The molecule has 1 saturated heterocycles. The number of hydrogen-bond donors (Lipinski definition) is 1. The van der Waals surface area contributed by atoms with Crippen molar-refractivity contribution in [3.63, 3.8) is 0 Å². The minimum absolute atomic E-state index is 0.293. The van der Waals surface area contributed by atoms with Crippen LogP contribution in [0.25, 0.3) is 0 Å². The number of piperidine rings is 1. The van der Waals surface area contributed by atoms with Crippen LogP contribution < -0.4 is 0 Å². The third kappa shape index (κ3) is 3.16. The maximum absolute atomic E-state index is 11.3. The Hall–Kier alpha value is -1.89. The molecule has 2 rings (SSSR count). The van der Waals surface area contributed by atoms with E-state index in [4.69, 9.17) is 4.42 Å². The van der Waals surface area contributed by atoms with Crippen molar-refractivity contribution in [1.29, 1.82) is 0 Å². The molecule has 1 fully saturated rings. The lowest BCUT2D eigenvalue weighted by atomic mass is 9.89. The van der Waals surface area contributed by atoms with Gasteiger partial charge >= 0.3 is 11.9 Å². The molecule has 0 bridgehead atoms. The van der Waals surface area contributed by atoms with Crippen LogP contribution in [0.4, 0.5) is 5.88 Å². The van der Waals surface area contributed by atoms with E-state index in [1.807, 2.05) is 4.90 Å². The average molecular weight is 282 g/mol. The first-order valence-corrected chi connectivity index (χ1v) is 6.71. The van der Waals surface area contributed by atoms with Crippen LogP contribution in [0.2, 0.25) is 0 Å². The Bertz CT molecular complexity index is 499. The summed E-state index contributed by atoms with van der Waals surface area (Å²) in [6.45, 7) is 3.03. The van der Waals surface area contributed by atoms with Gasteiger partial charge in [-0.2, -0.15) is 0 Å². The van der Waals surface area contributed by atoms with Crippen molar-refractivity contribution in [1.82, 2.24) is 4.90 Å². The maximum atomic E-state index is 11.3. The van der Waals surface area contributed by atoms with Crippen LogP contribution in [0.15, 0.2) is 16.5 Å². The fourth-order valence-corrected chi connectivity index (χ4v) is 2.65. The zero-order valence-electron chi connectivity index (χ0n) is 11.3. The molecule has 2 atom stereocenters. The van der Waals surface area contributed by atoms with Gasteiger partial charge in [0.25, 0.3) is 0 Å². The van der Waals surface area contributed by atoms with Crippen molar-refractivity contribution in [2.24, 2.45) is 5.92 Å². The van der Waals surface area contributed by atoms with Crippen molar-refractivity contribution in [2.45, 2.75) is 38.8 Å². The van der Waals surface area contributed by atoms with Crippen molar-refractivity contribution in [3.05, 3.63) is 28.0 Å². The fourth-order valence-electron chi connectivity index (χ4n) is 2.65.